The van der Waals surface area contributed by atoms with Crippen molar-refractivity contribution < 1.29 is 14.3 Å². The number of urea groups is 1. The molecule has 7 nitrogen and oxygen atoms in total. The molecule has 1 aromatic heterocycles. The molecule has 0 radical (unpaired) electrons. The highest BCUT2D eigenvalue weighted by Gasteiger charge is 2.25. The number of hydrogen-bond donors (Lipinski definition) is 1. The van der Waals surface area contributed by atoms with E-state index in [1.807, 2.05) is 0 Å². The summed E-state index contributed by atoms with van der Waals surface area (Å²) in [6.07, 6.45) is 3.23. The van der Waals surface area contributed by atoms with Gasteiger partial charge in [-0.05, 0) is 12.1 Å². The maximum Gasteiger partial charge on any atom is 0.322 e. The molecule has 2 amide bonds. The molecule has 1 N–H and O–H groups in total. The van der Waals surface area contributed by atoms with Gasteiger partial charge in [0, 0.05) is 17.8 Å². The van der Waals surface area contributed by atoms with Crippen molar-refractivity contribution in [3.63, 3.8) is 0 Å². The molecule has 0 bridgehead atoms. The van der Waals surface area contributed by atoms with Crippen LogP contribution in [0.4, 0.5) is 10.5 Å². The Hall–Kier alpha value is -2.83. The normalized spacial score (nSPS) is 12.7. The second-order valence-electron chi connectivity index (χ2n) is 4.85. The molecule has 0 saturated carbocycles. The Bertz CT molecular complexity index is 680. The minimum absolute atomic E-state index is 0.207. The first-order valence-corrected chi connectivity index (χ1v) is 6.77. The third-order valence-electron chi connectivity index (χ3n) is 3.52. The molecule has 114 valence electrons. The van der Waals surface area contributed by atoms with Gasteiger partial charge in [-0.25, -0.2) is 14.8 Å². The molecule has 2 aromatic rings. The van der Waals surface area contributed by atoms with Crippen LogP contribution in [0.2, 0.25) is 0 Å². The number of fused-ring (bicyclic) bond motifs is 1. The molecule has 22 heavy (non-hydrogen) atoms. The molecule has 0 saturated heterocycles. The van der Waals surface area contributed by atoms with Crippen LogP contribution in [0.1, 0.15) is 11.3 Å². The van der Waals surface area contributed by atoms with Crippen molar-refractivity contribution in [3.05, 3.63) is 42.0 Å². The van der Waals surface area contributed by atoms with Crippen molar-refractivity contribution in [2.24, 2.45) is 0 Å². The third-order valence-corrected chi connectivity index (χ3v) is 3.52. The molecular formula is C15H16N4O3. The standard InChI is InChI=1S/C15H16N4O3/c1-21-11-3-4-12(14(5-11)22-2)18-15(20)19-7-10-6-16-9-17-13(10)8-19/h3-6,9H,7-8H2,1-2H3,(H,18,20). The molecule has 1 aromatic carbocycles. The number of methoxy groups -OCH3 is 2. The molecule has 0 spiro atoms. The fraction of sp³-hybridized carbons (Fsp3) is 0.267. The van der Waals surface area contributed by atoms with Crippen molar-refractivity contribution in [1.82, 2.24) is 14.9 Å². The molecule has 2 heterocycles. The van der Waals surface area contributed by atoms with Gasteiger partial charge in [0.1, 0.15) is 17.8 Å². The minimum Gasteiger partial charge on any atom is -0.497 e. The number of ether oxygens (including phenoxy) is 2. The second kappa shape index (κ2) is 5.88. The summed E-state index contributed by atoms with van der Waals surface area (Å²) < 4.78 is 10.4. The van der Waals surface area contributed by atoms with Crippen LogP contribution in [-0.2, 0) is 13.1 Å². The van der Waals surface area contributed by atoms with Crippen molar-refractivity contribution in [2.45, 2.75) is 13.1 Å². The van der Waals surface area contributed by atoms with Crippen molar-refractivity contribution >= 4 is 11.7 Å². The van der Waals surface area contributed by atoms with Gasteiger partial charge in [0.2, 0.25) is 0 Å². The van der Waals surface area contributed by atoms with Crippen LogP contribution in [0.3, 0.4) is 0 Å². The summed E-state index contributed by atoms with van der Waals surface area (Å²) in [5.74, 6) is 1.21. The lowest BCUT2D eigenvalue weighted by atomic mass is 10.2. The van der Waals surface area contributed by atoms with Crippen LogP contribution < -0.4 is 14.8 Å². The molecule has 0 aliphatic carbocycles. The Morgan fingerprint density at radius 2 is 2.14 bits per heavy atom. The second-order valence-corrected chi connectivity index (χ2v) is 4.85. The monoisotopic (exact) mass is 300 g/mol. The number of carbonyl (C=O) groups is 1. The van der Waals surface area contributed by atoms with Gasteiger partial charge in [-0.15, -0.1) is 0 Å². The zero-order valence-corrected chi connectivity index (χ0v) is 12.4. The first-order chi connectivity index (χ1) is 10.7. The van der Waals surface area contributed by atoms with E-state index in [9.17, 15) is 4.79 Å². The predicted octanol–water partition coefficient (Wildman–Crippen LogP) is 2.04. The van der Waals surface area contributed by atoms with E-state index in [0.717, 1.165) is 11.3 Å². The summed E-state index contributed by atoms with van der Waals surface area (Å²) in [7, 11) is 3.13. The number of nitrogens with one attached hydrogen (secondary N) is 1. The molecule has 0 unspecified atom stereocenters. The Balaban J connectivity index is 1.73. The highest BCUT2D eigenvalue weighted by Crippen LogP contribution is 2.30. The lowest BCUT2D eigenvalue weighted by molar-refractivity contribution is 0.212. The number of carbonyl (C=O) groups excluding carboxylic acids is 1. The Labute approximate surface area is 127 Å². The Morgan fingerprint density at radius 3 is 2.86 bits per heavy atom. The van der Waals surface area contributed by atoms with E-state index in [1.165, 1.54) is 6.33 Å². The highest BCUT2D eigenvalue weighted by molar-refractivity contribution is 5.91. The highest BCUT2D eigenvalue weighted by atomic mass is 16.5. The van der Waals surface area contributed by atoms with Crippen LogP contribution in [0.25, 0.3) is 0 Å². The zero-order chi connectivity index (χ0) is 15.5. The van der Waals surface area contributed by atoms with Crippen LogP contribution in [-0.4, -0.2) is 35.1 Å². The quantitative estimate of drug-likeness (QED) is 0.938. The Morgan fingerprint density at radius 1 is 1.27 bits per heavy atom. The Kier molecular flexibility index (Phi) is 3.78. The van der Waals surface area contributed by atoms with E-state index >= 15 is 0 Å². The fourth-order valence-electron chi connectivity index (χ4n) is 2.34. The van der Waals surface area contributed by atoms with Crippen molar-refractivity contribution in [3.8, 4) is 11.5 Å². The first-order valence-electron chi connectivity index (χ1n) is 6.77. The van der Waals surface area contributed by atoms with E-state index in [4.69, 9.17) is 9.47 Å². The SMILES string of the molecule is COc1ccc(NC(=O)N2Cc3cncnc3C2)c(OC)c1. The lowest BCUT2D eigenvalue weighted by Gasteiger charge is -2.17. The van der Waals surface area contributed by atoms with Gasteiger partial charge in [0.15, 0.2) is 0 Å². The predicted molar refractivity (Wildman–Crippen MR) is 79.8 cm³/mol. The number of nitrogens with zero attached hydrogens (tertiary/aromatic N) is 3. The molecule has 1 aliphatic heterocycles. The maximum absolute atomic E-state index is 12.4. The van der Waals surface area contributed by atoms with E-state index in [0.29, 0.717) is 30.3 Å². The summed E-state index contributed by atoms with van der Waals surface area (Å²) in [6.45, 7) is 0.975. The number of hydrogen-bond acceptors (Lipinski definition) is 5. The molecule has 1 aliphatic rings. The lowest BCUT2D eigenvalue weighted by Crippen LogP contribution is -2.30. The average molecular weight is 300 g/mol. The zero-order valence-electron chi connectivity index (χ0n) is 12.4. The topological polar surface area (TPSA) is 76.6 Å². The molecule has 7 heteroatoms. The number of rotatable bonds is 3. The summed E-state index contributed by atoms with van der Waals surface area (Å²) in [5.41, 5.74) is 2.45. The third kappa shape index (κ3) is 2.65. The summed E-state index contributed by atoms with van der Waals surface area (Å²) >= 11 is 0. The molecule has 0 fully saturated rings. The average Bonchev–Trinajstić information content (AvgIpc) is 2.99. The van der Waals surface area contributed by atoms with E-state index in [-0.39, 0.29) is 6.03 Å². The largest absolute Gasteiger partial charge is 0.497 e. The molecule has 0 atom stereocenters. The summed E-state index contributed by atoms with van der Waals surface area (Å²) in [6, 6.07) is 5.03. The summed E-state index contributed by atoms with van der Waals surface area (Å²) in [5, 5.41) is 2.85. The van der Waals surface area contributed by atoms with Gasteiger partial charge >= 0.3 is 6.03 Å². The van der Waals surface area contributed by atoms with Gasteiger partial charge in [0.25, 0.3) is 0 Å². The van der Waals surface area contributed by atoms with Gasteiger partial charge in [-0.1, -0.05) is 0 Å². The van der Waals surface area contributed by atoms with Crippen molar-refractivity contribution in [1.29, 1.82) is 0 Å². The van der Waals surface area contributed by atoms with E-state index in [2.05, 4.69) is 15.3 Å². The number of anilines is 1. The van der Waals surface area contributed by atoms with E-state index in [1.54, 1.807) is 43.5 Å². The van der Waals surface area contributed by atoms with Gasteiger partial charge in [-0.2, -0.15) is 0 Å². The minimum atomic E-state index is -0.207. The van der Waals surface area contributed by atoms with Crippen LogP contribution in [0, 0.1) is 0 Å². The number of amides is 2. The van der Waals surface area contributed by atoms with Gasteiger partial charge in [0.05, 0.1) is 38.7 Å². The van der Waals surface area contributed by atoms with Crippen LogP contribution in [0.5, 0.6) is 11.5 Å². The maximum atomic E-state index is 12.4. The van der Waals surface area contributed by atoms with Gasteiger partial charge < -0.3 is 19.7 Å². The van der Waals surface area contributed by atoms with E-state index < -0.39 is 0 Å². The number of benzene rings is 1. The number of aromatic nitrogens is 2. The first kappa shape index (κ1) is 14.1. The molecular weight excluding hydrogens is 284 g/mol. The van der Waals surface area contributed by atoms with Crippen molar-refractivity contribution in [2.75, 3.05) is 19.5 Å². The molecule has 3 rings (SSSR count). The smallest absolute Gasteiger partial charge is 0.322 e. The van der Waals surface area contributed by atoms with Crippen LogP contribution >= 0.6 is 0 Å². The van der Waals surface area contributed by atoms with Crippen LogP contribution in [0.15, 0.2) is 30.7 Å². The summed E-state index contributed by atoms with van der Waals surface area (Å²) in [4.78, 5) is 22.2. The fourth-order valence-corrected chi connectivity index (χ4v) is 2.34. The van der Waals surface area contributed by atoms with Gasteiger partial charge in [-0.3, -0.25) is 0 Å².